The molecule has 0 spiro atoms. The first-order valence-corrected chi connectivity index (χ1v) is 6.46. The van der Waals surface area contributed by atoms with Crippen molar-refractivity contribution in [1.82, 2.24) is 4.98 Å². The molecule has 0 bridgehead atoms. The first-order chi connectivity index (χ1) is 9.23. The predicted molar refractivity (Wildman–Crippen MR) is 69.2 cm³/mol. The molecule has 20 heavy (non-hydrogen) atoms. The van der Waals surface area contributed by atoms with Gasteiger partial charge in [-0.2, -0.15) is 18.4 Å². The van der Waals surface area contributed by atoms with Crippen molar-refractivity contribution in [2.24, 2.45) is 5.41 Å². The minimum Gasteiger partial charge on any atom is -0.355 e. The van der Waals surface area contributed by atoms with Gasteiger partial charge in [0.15, 0.2) is 0 Å². The van der Waals surface area contributed by atoms with Gasteiger partial charge in [-0.1, -0.05) is 13.8 Å². The maximum atomic E-state index is 12.7. The van der Waals surface area contributed by atoms with Gasteiger partial charge < -0.3 is 4.90 Å². The van der Waals surface area contributed by atoms with Crippen LogP contribution < -0.4 is 4.90 Å². The highest BCUT2D eigenvalue weighted by molar-refractivity contribution is 5.54. The van der Waals surface area contributed by atoms with Crippen LogP contribution in [0.3, 0.4) is 0 Å². The lowest BCUT2D eigenvalue weighted by Crippen LogP contribution is -2.38. The predicted octanol–water partition coefficient (Wildman–Crippen LogP) is 3.60. The second kappa shape index (κ2) is 4.97. The Labute approximate surface area is 116 Å². The van der Waals surface area contributed by atoms with Gasteiger partial charge in [-0.25, -0.2) is 4.98 Å². The fourth-order valence-corrected chi connectivity index (χ4v) is 2.26. The third-order valence-corrected chi connectivity index (χ3v) is 3.70. The molecule has 6 heteroatoms. The molecule has 0 radical (unpaired) electrons. The van der Waals surface area contributed by atoms with E-state index in [1.807, 2.05) is 6.07 Å². The van der Waals surface area contributed by atoms with Crippen LogP contribution in [0.25, 0.3) is 0 Å². The van der Waals surface area contributed by atoms with E-state index in [9.17, 15) is 13.2 Å². The molecule has 1 saturated heterocycles. The summed E-state index contributed by atoms with van der Waals surface area (Å²) in [5, 5.41) is 9.05. The van der Waals surface area contributed by atoms with Crippen molar-refractivity contribution < 1.29 is 13.2 Å². The lowest BCUT2D eigenvalue weighted by atomic mass is 9.82. The van der Waals surface area contributed by atoms with E-state index in [2.05, 4.69) is 18.8 Å². The van der Waals surface area contributed by atoms with Gasteiger partial charge in [0.25, 0.3) is 0 Å². The zero-order chi connectivity index (χ0) is 15.0. The SMILES string of the molecule is CC1(C)CCN(c2nc(C(F)(F)F)ccc2C#N)CC1. The van der Waals surface area contributed by atoms with E-state index < -0.39 is 11.9 Å². The molecule has 0 aromatic carbocycles. The third-order valence-electron chi connectivity index (χ3n) is 3.70. The van der Waals surface area contributed by atoms with E-state index in [0.29, 0.717) is 13.1 Å². The molecule has 0 unspecified atom stereocenters. The Balaban J connectivity index is 2.33. The average molecular weight is 283 g/mol. The second-order valence-corrected chi connectivity index (χ2v) is 5.83. The van der Waals surface area contributed by atoms with Crippen LogP contribution in [0.1, 0.15) is 37.9 Å². The number of hydrogen-bond donors (Lipinski definition) is 0. The Morgan fingerprint density at radius 1 is 1.25 bits per heavy atom. The van der Waals surface area contributed by atoms with E-state index in [0.717, 1.165) is 18.9 Å². The Kier molecular flexibility index (Phi) is 3.63. The fourth-order valence-electron chi connectivity index (χ4n) is 2.26. The van der Waals surface area contributed by atoms with Crippen LogP contribution >= 0.6 is 0 Å². The van der Waals surface area contributed by atoms with Gasteiger partial charge in [0.2, 0.25) is 0 Å². The van der Waals surface area contributed by atoms with Crippen molar-refractivity contribution in [3.05, 3.63) is 23.4 Å². The number of hydrogen-bond acceptors (Lipinski definition) is 3. The summed E-state index contributed by atoms with van der Waals surface area (Å²) in [6, 6.07) is 3.98. The summed E-state index contributed by atoms with van der Waals surface area (Å²) in [5.41, 5.74) is -0.570. The molecule has 0 N–H and O–H groups in total. The van der Waals surface area contributed by atoms with Crippen molar-refractivity contribution in [3.8, 4) is 6.07 Å². The number of aromatic nitrogens is 1. The van der Waals surface area contributed by atoms with E-state index in [4.69, 9.17) is 5.26 Å². The molecule has 0 atom stereocenters. The molecule has 1 aliphatic rings. The van der Waals surface area contributed by atoms with E-state index in [1.165, 1.54) is 6.07 Å². The molecule has 0 aliphatic carbocycles. The quantitative estimate of drug-likeness (QED) is 0.790. The van der Waals surface area contributed by atoms with Gasteiger partial charge in [0.05, 0.1) is 5.56 Å². The molecule has 2 rings (SSSR count). The summed E-state index contributed by atoms with van der Waals surface area (Å²) >= 11 is 0. The lowest BCUT2D eigenvalue weighted by molar-refractivity contribution is -0.141. The first-order valence-electron chi connectivity index (χ1n) is 6.46. The summed E-state index contributed by atoms with van der Waals surface area (Å²) in [6.07, 6.45) is -2.75. The van der Waals surface area contributed by atoms with Crippen molar-refractivity contribution in [2.45, 2.75) is 32.9 Å². The van der Waals surface area contributed by atoms with Crippen molar-refractivity contribution in [2.75, 3.05) is 18.0 Å². The van der Waals surface area contributed by atoms with E-state index >= 15 is 0 Å². The molecule has 108 valence electrons. The Morgan fingerprint density at radius 2 is 1.85 bits per heavy atom. The zero-order valence-electron chi connectivity index (χ0n) is 11.5. The number of halogens is 3. The molecule has 0 amide bonds. The number of rotatable bonds is 1. The molecular weight excluding hydrogens is 267 g/mol. The van der Waals surface area contributed by atoms with Gasteiger partial charge in [0, 0.05) is 13.1 Å². The number of anilines is 1. The molecule has 2 heterocycles. The smallest absolute Gasteiger partial charge is 0.355 e. The van der Waals surface area contributed by atoms with Crippen LogP contribution in [0.15, 0.2) is 12.1 Å². The number of piperidine rings is 1. The van der Waals surface area contributed by atoms with Crippen molar-refractivity contribution in [1.29, 1.82) is 5.26 Å². The van der Waals surface area contributed by atoms with Crippen LogP contribution in [0.5, 0.6) is 0 Å². The summed E-state index contributed by atoms with van der Waals surface area (Å²) in [4.78, 5) is 5.44. The lowest BCUT2D eigenvalue weighted by Gasteiger charge is -2.37. The van der Waals surface area contributed by atoms with Crippen LogP contribution in [-0.2, 0) is 6.18 Å². The number of nitrogens with zero attached hydrogens (tertiary/aromatic N) is 3. The standard InChI is InChI=1S/C14H16F3N3/c1-13(2)5-7-20(8-6-13)12-10(9-18)3-4-11(19-12)14(15,16)17/h3-4H,5-8H2,1-2H3. The monoisotopic (exact) mass is 283 g/mol. The molecule has 1 aromatic rings. The van der Waals surface area contributed by atoms with Crippen LogP contribution in [0.4, 0.5) is 19.0 Å². The second-order valence-electron chi connectivity index (χ2n) is 5.83. The van der Waals surface area contributed by atoms with Gasteiger partial charge in [-0.15, -0.1) is 0 Å². The zero-order valence-corrected chi connectivity index (χ0v) is 11.5. The van der Waals surface area contributed by atoms with Crippen LogP contribution in [0, 0.1) is 16.7 Å². The van der Waals surface area contributed by atoms with Crippen molar-refractivity contribution >= 4 is 5.82 Å². The highest BCUT2D eigenvalue weighted by atomic mass is 19.4. The molecule has 1 aromatic heterocycles. The Morgan fingerprint density at radius 3 is 2.35 bits per heavy atom. The van der Waals surface area contributed by atoms with E-state index in [1.54, 1.807) is 4.90 Å². The van der Waals surface area contributed by atoms with Crippen LogP contribution in [0.2, 0.25) is 0 Å². The van der Waals surface area contributed by atoms with Crippen LogP contribution in [-0.4, -0.2) is 18.1 Å². The average Bonchev–Trinajstić information content (AvgIpc) is 2.37. The minimum atomic E-state index is -4.49. The normalized spacial score (nSPS) is 18.7. The Bertz CT molecular complexity index is 534. The summed E-state index contributed by atoms with van der Waals surface area (Å²) < 4.78 is 38.2. The molecule has 1 fully saturated rings. The maximum absolute atomic E-state index is 12.7. The minimum absolute atomic E-state index is 0.151. The molecule has 0 saturated carbocycles. The number of alkyl halides is 3. The first kappa shape index (κ1) is 14.6. The molecular formula is C14H16F3N3. The largest absolute Gasteiger partial charge is 0.433 e. The van der Waals surface area contributed by atoms with Gasteiger partial charge in [-0.05, 0) is 30.4 Å². The molecule has 3 nitrogen and oxygen atoms in total. The third kappa shape index (κ3) is 3.03. The number of nitriles is 1. The maximum Gasteiger partial charge on any atom is 0.433 e. The van der Waals surface area contributed by atoms with Gasteiger partial charge in [0.1, 0.15) is 17.6 Å². The fraction of sp³-hybridized carbons (Fsp3) is 0.571. The van der Waals surface area contributed by atoms with E-state index in [-0.39, 0.29) is 16.8 Å². The molecule has 1 aliphatic heterocycles. The number of pyridine rings is 1. The topological polar surface area (TPSA) is 39.9 Å². The van der Waals surface area contributed by atoms with Gasteiger partial charge in [-0.3, -0.25) is 0 Å². The summed E-state index contributed by atoms with van der Waals surface area (Å²) in [5.74, 6) is 0.151. The summed E-state index contributed by atoms with van der Waals surface area (Å²) in [6.45, 7) is 5.51. The highest BCUT2D eigenvalue weighted by Crippen LogP contribution is 2.34. The van der Waals surface area contributed by atoms with Gasteiger partial charge >= 0.3 is 6.18 Å². The highest BCUT2D eigenvalue weighted by Gasteiger charge is 2.34. The van der Waals surface area contributed by atoms with Crippen molar-refractivity contribution in [3.63, 3.8) is 0 Å². The Hall–Kier alpha value is -1.77. The summed E-state index contributed by atoms with van der Waals surface area (Å²) in [7, 11) is 0.